The fraction of sp³-hybridized carbons (Fsp3) is 0.533. The topological polar surface area (TPSA) is 64.9 Å². The molecule has 21 heavy (non-hydrogen) atoms. The summed E-state index contributed by atoms with van der Waals surface area (Å²) in [7, 11) is 0. The number of rotatable bonds is 6. The molecule has 114 valence electrons. The van der Waals surface area contributed by atoms with Crippen LogP contribution >= 0.6 is 0 Å². The van der Waals surface area contributed by atoms with Crippen LogP contribution in [0.25, 0.3) is 0 Å². The molecular formula is C15H23N5O. The molecule has 0 aliphatic carbocycles. The molecule has 0 aliphatic heterocycles. The van der Waals surface area contributed by atoms with Gasteiger partial charge in [0.1, 0.15) is 12.4 Å². The van der Waals surface area contributed by atoms with Crippen molar-refractivity contribution in [2.24, 2.45) is 0 Å². The van der Waals surface area contributed by atoms with Gasteiger partial charge in [0.25, 0.3) is 0 Å². The van der Waals surface area contributed by atoms with Gasteiger partial charge < -0.3 is 10.1 Å². The summed E-state index contributed by atoms with van der Waals surface area (Å²) >= 11 is 0. The van der Waals surface area contributed by atoms with Crippen LogP contribution in [-0.2, 0) is 13.1 Å². The molecule has 0 radical (unpaired) electrons. The Kier molecular flexibility index (Phi) is 4.90. The highest BCUT2D eigenvalue weighted by molar-refractivity contribution is 5.25. The molecule has 0 saturated heterocycles. The summed E-state index contributed by atoms with van der Waals surface area (Å²) in [4.78, 5) is 4.19. The van der Waals surface area contributed by atoms with Crippen molar-refractivity contribution >= 4 is 0 Å². The van der Waals surface area contributed by atoms with Crippen LogP contribution in [0.5, 0.6) is 5.75 Å². The molecule has 6 heteroatoms. The van der Waals surface area contributed by atoms with E-state index in [9.17, 15) is 0 Å². The standard InChI is InChI=1S/C15H23N5O/c1-12-14(6-5-7-16-12)21-9-8-20-11-13(18-19-20)10-17-15(2,3)4/h5-7,11,17H,8-10H2,1-4H3. The van der Waals surface area contributed by atoms with Crippen LogP contribution in [-0.4, -0.2) is 32.1 Å². The predicted molar refractivity (Wildman–Crippen MR) is 81.1 cm³/mol. The van der Waals surface area contributed by atoms with Crippen molar-refractivity contribution in [1.29, 1.82) is 0 Å². The lowest BCUT2D eigenvalue weighted by Crippen LogP contribution is -2.35. The fourth-order valence-electron chi connectivity index (χ4n) is 1.76. The number of nitrogens with one attached hydrogen (secondary N) is 1. The maximum atomic E-state index is 5.70. The summed E-state index contributed by atoms with van der Waals surface area (Å²) in [5, 5.41) is 11.6. The van der Waals surface area contributed by atoms with Crippen LogP contribution in [0, 0.1) is 6.92 Å². The molecule has 2 aromatic heterocycles. The van der Waals surface area contributed by atoms with Crippen LogP contribution in [0.4, 0.5) is 0 Å². The van der Waals surface area contributed by atoms with Gasteiger partial charge in [0.15, 0.2) is 0 Å². The lowest BCUT2D eigenvalue weighted by atomic mass is 10.1. The Bertz CT molecular complexity index is 573. The van der Waals surface area contributed by atoms with Crippen LogP contribution < -0.4 is 10.1 Å². The number of nitrogens with zero attached hydrogens (tertiary/aromatic N) is 4. The second kappa shape index (κ2) is 6.67. The minimum atomic E-state index is 0.0741. The highest BCUT2D eigenvalue weighted by Gasteiger charge is 2.10. The van der Waals surface area contributed by atoms with Gasteiger partial charge in [0.05, 0.1) is 17.9 Å². The number of ether oxygens (including phenoxy) is 1. The molecule has 0 spiro atoms. The molecule has 0 fully saturated rings. The quantitative estimate of drug-likeness (QED) is 0.880. The summed E-state index contributed by atoms with van der Waals surface area (Å²) in [5.41, 5.74) is 1.90. The first-order valence-corrected chi connectivity index (χ1v) is 7.12. The number of aryl methyl sites for hydroxylation is 1. The van der Waals surface area contributed by atoms with Crippen molar-refractivity contribution in [2.75, 3.05) is 6.61 Å². The van der Waals surface area contributed by atoms with Gasteiger partial charge in [-0.3, -0.25) is 4.98 Å². The molecule has 1 N–H and O–H groups in total. The van der Waals surface area contributed by atoms with E-state index in [1.165, 1.54) is 0 Å². The fourth-order valence-corrected chi connectivity index (χ4v) is 1.76. The van der Waals surface area contributed by atoms with Gasteiger partial charge in [-0.05, 0) is 39.8 Å². The van der Waals surface area contributed by atoms with E-state index in [1.807, 2.05) is 25.3 Å². The van der Waals surface area contributed by atoms with E-state index in [2.05, 4.69) is 41.4 Å². The van der Waals surface area contributed by atoms with E-state index in [0.717, 1.165) is 17.1 Å². The number of hydrogen-bond donors (Lipinski definition) is 1. The lowest BCUT2D eigenvalue weighted by Gasteiger charge is -2.19. The van der Waals surface area contributed by atoms with Crippen molar-refractivity contribution in [1.82, 2.24) is 25.3 Å². The molecule has 2 rings (SSSR count). The molecule has 0 aliphatic rings. The summed E-state index contributed by atoms with van der Waals surface area (Å²) in [6.07, 6.45) is 3.70. The lowest BCUT2D eigenvalue weighted by molar-refractivity contribution is 0.286. The van der Waals surface area contributed by atoms with Crippen LogP contribution in [0.1, 0.15) is 32.2 Å². The molecule has 6 nitrogen and oxygen atoms in total. The molecule has 0 unspecified atom stereocenters. The van der Waals surface area contributed by atoms with Gasteiger partial charge >= 0.3 is 0 Å². The molecule has 2 heterocycles. The van der Waals surface area contributed by atoms with Crippen molar-refractivity contribution in [3.63, 3.8) is 0 Å². The zero-order valence-electron chi connectivity index (χ0n) is 13.1. The highest BCUT2D eigenvalue weighted by atomic mass is 16.5. The molecule has 0 amide bonds. The zero-order chi connectivity index (χ0) is 15.3. The maximum Gasteiger partial charge on any atom is 0.140 e. The Morgan fingerprint density at radius 1 is 1.33 bits per heavy atom. The van der Waals surface area contributed by atoms with Crippen molar-refractivity contribution in [3.05, 3.63) is 35.9 Å². The van der Waals surface area contributed by atoms with Gasteiger partial charge in [-0.1, -0.05) is 5.21 Å². The first kappa shape index (κ1) is 15.4. The van der Waals surface area contributed by atoms with Gasteiger partial charge in [0, 0.05) is 24.5 Å². The van der Waals surface area contributed by atoms with E-state index in [1.54, 1.807) is 10.9 Å². The summed E-state index contributed by atoms with van der Waals surface area (Å²) < 4.78 is 7.49. The summed E-state index contributed by atoms with van der Waals surface area (Å²) in [6, 6.07) is 3.79. The van der Waals surface area contributed by atoms with Gasteiger partial charge in [0.2, 0.25) is 0 Å². The maximum absolute atomic E-state index is 5.70. The van der Waals surface area contributed by atoms with Crippen LogP contribution in [0.2, 0.25) is 0 Å². The van der Waals surface area contributed by atoms with Gasteiger partial charge in [-0.25, -0.2) is 4.68 Å². The third-order valence-corrected chi connectivity index (χ3v) is 2.92. The van der Waals surface area contributed by atoms with E-state index in [4.69, 9.17) is 4.74 Å². The Balaban J connectivity index is 1.79. The second-order valence-electron chi connectivity index (χ2n) is 6.01. The molecule has 0 saturated carbocycles. The number of pyridine rings is 1. The number of hydrogen-bond acceptors (Lipinski definition) is 5. The molecule has 0 aromatic carbocycles. The van der Waals surface area contributed by atoms with E-state index >= 15 is 0 Å². The average molecular weight is 289 g/mol. The average Bonchev–Trinajstić information content (AvgIpc) is 2.86. The molecule has 0 bridgehead atoms. The zero-order valence-corrected chi connectivity index (χ0v) is 13.1. The minimum Gasteiger partial charge on any atom is -0.490 e. The minimum absolute atomic E-state index is 0.0741. The normalized spacial score (nSPS) is 11.6. The van der Waals surface area contributed by atoms with Gasteiger partial charge in [-0.15, -0.1) is 5.10 Å². The van der Waals surface area contributed by atoms with Crippen molar-refractivity contribution < 1.29 is 4.74 Å². The van der Waals surface area contributed by atoms with E-state index in [0.29, 0.717) is 19.7 Å². The smallest absolute Gasteiger partial charge is 0.140 e. The third kappa shape index (κ3) is 5.15. The largest absolute Gasteiger partial charge is 0.490 e. The summed E-state index contributed by atoms with van der Waals surface area (Å²) in [6.45, 7) is 10.2. The molecule has 2 aromatic rings. The SMILES string of the molecule is Cc1ncccc1OCCn1cc(CNC(C)(C)C)nn1. The second-order valence-corrected chi connectivity index (χ2v) is 6.01. The highest BCUT2D eigenvalue weighted by Crippen LogP contribution is 2.13. The Hall–Kier alpha value is -1.95. The molecular weight excluding hydrogens is 266 g/mol. The third-order valence-electron chi connectivity index (χ3n) is 2.92. The van der Waals surface area contributed by atoms with Crippen molar-refractivity contribution in [2.45, 2.75) is 46.3 Å². The van der Waals surface area contributed by atoms with E-state index < -0.39 is 0 Å². The predicted octanol–water partition coefficient (Wildman–Crippen LogP) is 1.95. The first-order chi connectivity index (χ1) is 9.94. The van der Waals surface area contributed by atoms with Gasteiger partial charge in [-0.2, -0.15) is 0 Å². The Morgan fingerprint density at radius 2 is 2.14 bits per heavy atom. The van der Waals surface area contributed by atoms with Crippen LogP contribution in [0.15, 0.2) is 24.5 Å². The monoisotopic (exact) mass is 289 g/mol. The van der Waals surface area contributed by atoms with Crippen LogP contribution in [0.3, 0.4) is 0 Å². The van der Waals surface area contributed by atoms with Crippen molar-refractivity contribution in [3.8, 4) is 5.75 Å². The number of aromatic nitrogens is 4. The Morgan fingerprint density at radius 3 is 2.86 bits per heavy atom. The first-order valence-electron chi connectivity index (χ1n) is 7.12. The Labute approximate surface area is 125 Å². The molecule has 0 atom stereocenters. The summed E-state index contributed by atoms with van der Waals surface area (Å²) in [5.74, 6) is 0.812. The van der Waals surface area contributed by atoms with E-state index in [-0.39, 0.29) is 5.54 Å².